The van der Waals surface area contributed by atoms with Crippen LogP contribution in [0.5, 0.6) is 0 Å². The number of sulfonamides is 1. The Morgan fingerprint density at radius 3 is 2.82 bits per heavy atom. The molecule has 0 unspecified atom stereocenters. The molecule has 7 heteroatoms. The van der Waals surface area contributed by atoms with Gasteiger partial charge in [0.05, 0.1) is 24.2 Å². The third kappa shape index (κ3) is 4.36. The van der Waals surface area contributed by atoms with Crippen molar-refractivity contribution in [3.63, 3.8) is 0 Å². The van der Waals surface area contributed by atoms with Crippen molar-refractivity contribution in [1.82, 2.24) is 4.72 Å². The summed E-state index contributed by atoms with van der Waals surface area (Å²) in [6.45, 7) is 4.06. The van der Waals surface area contributed by atoms with Gasteiger partial charge in [-0.25, -0.2) is 13.1 Å². The van der Waals surface area contributed by atoms with Crippen molar-refractivity contribution in [3.8, 4) is 0 Å². The summed E-state index contributed by atoms with van der Waals surface area (Å²) in [5, 5.41) is 10.7. The summed E-state index contributed by atoms with van der Waals surface area (Å²) in [6.07, 6.45) is 0.0775. The lowest BCUT2D eigenvalue weighted by atomic mass is 10.5. The number of aliphatic hydroxyl groups excluding tert-OH is 1. The van der Waals surface area contributed by atoms with E-state index in [0.717, 1.165) is 0 Å². The van der Waals surface area contributed by atoms with Crippen molar-refractivity contribution < 1.29 is 18.3 Å². The summed E-state index contributed by atoms with van der Waals surface area (Å²) in [7, 11) is -3.54. The van der Waals surface area contributed by atoms with Crippen LogP contribution in [-0.4, -0.2) is 32.8 Å². The number of thiophene rings is 1. The Kier molecular flexibility index (Phi) is 5.54. The van der Waals surface area contributed by atoms with Crippen molar-refractivity contribution in [2.75, 3.05) is 13.2 Å². The van der Waals surface area contributed by atoms with Crippen LogP contribution in [0.2, 0.25) is 0 Å². The highest BCUT2D eigenvalue weighted by atomic mass is 32.2. The van der Waals surface area contributed by atoms with Crippen LogP contribution in [0.15, 0.2) is 16.3 Å². The minimum absolute atomic E-state index is 0.0775. The number of hydrogen-bond acceptors (Lipinski definition) is 5. The van der Waals surface area contributed by atoms with Gasteiger partial charge in [0, 0.05) is 11.4 Å². The molecule has 1 aromatic rings. The second-order valence-corrected chi connectivity index (χ2v) is 6.42. The fourth-order valence-corrected chi connectivity index (χ4v) is 3.54. The van der Waals surface area contributed by atoms with E-state index in [0.29, 0.717) is 11.5 Å². The van der Waals surface area contributed by atoms with E-state index in [1.807, 2.05) is 13.8 Å². The molecule has 0 bridgehead atoms. The molecule has 0 radical (unpaired) electrons. The number of rotatable bonds is 7. The number of aliphatic hydroxyl groups is 1. The minimum atomic E-state index is -3.54. The van der Waals surface area contributed by atoms with Crippen LogP contribution in [0, 0.1) is 0 Å². The molecule has 0 saturated heterocycles. The van der Waals surface area contributed by atoms with Crippen molar-refractivity contribution in [3.05, 3.63) is 16.3 Å². The van der Waals surface area contributed by atoms with Crippen LogP contribution < -0.4 is 4.72 Å². The van der Waals surface area contributed by atoms with Gasteiger partial charge in [-0.1, -0.05) is 0 Å². The molecular weight excluding hydrogens is 262 g/mol. The van der Waals surface area contributed by atoms with Crippen molar-refractivity contribution in [2.45, 2.75) is 31.5 Å². The van der Waals surface area contributed by atoms with E-state index in [1.54, 1.807) is 5.38 Å². The summed E-state index contributed by atoms with van der Waals surface area (Å²) in [5.41, 5.74) is 0. The maximum atomic E-state index is 11.8. The van der Waals surface area contributed by atoms with Gasteiger partial charge in [0.1, 0.15) is 0 Å². The zero-order chi connectivity index (χ0) is 12.9. The standard InChI is InChI=1S/C10H17NO4S2/c1-8(2)15-5-4-11-17(13,14)10-3-6-16-9(10)7-12/h3,6,8,11-12H,4-5,7H2,1-2H3. The summed E-state index contributed by atoms with van der Waals surface area (Å²) in [6, 6.07) is 1.49. The first-order chi connectivity index (χ1) is 7.97. The Balaban J connectivity index is 2.57. The lowest BCUT2D eigenvalue weighted by Gasteiger charge is -2.09. The Hall–Kier alpha value is -0.470. The van der Waals surface area contributed by atoms with Gasteiger partial charge in [-0.05, 0) is 25.3 Å². The van der Waals surface area contributed by atoms with Gasteiger partial charge in [-0.3, -0.25) is 0 Å². The SMILES string of the molecule is CC(C)OCCNS(=O)(=O)c1ccsc1CO. The van der Waals surface area contributed by atoms with E-state index in [-0.39, 0.29) is 24.2 Å². The lowest BCUT2D eigenvalue weighted by Crippen LogP contribution is -2.28. The zero-order valence-electron chi connectivity index (χ0n) is 9.84. The maximum absolute atomic E-state index is 11.8. The number of hydrogen-bond donors (Lipinski definition) is 2. The molecule has 0 spiro atoms. The van der Waals surface area contributed by atoms with Crippen LogP contribution in [0.25, 0.3) is 0 Å². The first-order valence-electron chi connectivity index (χ1n) is 5.26. The Morgan fingerprint density at radius 1 is 1.53 bits per heavy atom. The second kappa shape index (κ2) is 6.46. The predicted octanol–water partition coefficient (Wildman–Crippen LogP) is 0.944. The van der Waals surface area contributed by atoms with E-state index in [4.69, 9.17) is 9.84 Å². The molecule has 1 rings (SSSR count). The van der Waals surface area contributed by atoms with Crippen LogP contribution in [0.4, 0.5) is 0 Å². The summed E-state index contributed by atoms with van der Waals surface area (Å²) in [4.78, 5) is 0.594. The average molecular weight is 279 g/mol. The van der Waals surface area contributed by atoms with Crippen LogP contribution >= 0.6 is 11.3 Å². The Labute approximate surface area is 105 Å². The smallest absolute Gasteiger partial charge is 0.241 e. The normalized spacial score (nSPS) is 12.2. The number of nitrogens with one attached hydrogen (secondary N) is 1. The van der Waals surface area contributed by atoms with Gasteiger partial charge >= 0.3 is 0 Å². The van der Waals surface area contributed by atoms with Crippen LogP contribution in [-0.2, 0) is 21.4 Å². The summed E-state index contributed by atoms with van der Waals surface area (Å²) >= 11 is 1.22. The zero-order valence-corrected chi connectivity index (χ0v) is 11.5. The third-order valence-electron chi connectivity index (χ3n) is 1.98. The highest BCUT2D eigenvalue weighted by Gasteiger charge is 2.18. The van der Waals surface area contributed by atoms with Gasteiger partial charge in [0.25, 0.3) is 0 Å². The third-order valence-corrected chi connectivity index (χ3v) is 4.56. The van der Waals surface area contributed by atoms with E-state index < -0.39 is 10.0 Å². The highest BCUT2D eigenvalue weighted by Crippen LogP contribution is 2.21. The predicted molar refractivity (Wildman–Crippen MR) is 66.5 cm³/mol. The molecular formula is C10H17NO4S2. The molecule has 0 aliphatic carbocycles. The van der Waals surface area contributed by atoms with Gasteiger partial charge < -0.3 is 9.84 Å². The van der Waals surface area contributed by atoms with E-state index in [9.17, 15) is 8.42 Å². The Bertz CT molecular complexity index is 439. The topological polar surface area (TPSA) is 75.6 Å². The molecule has 5 nitrogen and oxygen atoms in total. The van der Waals surface area contributed by atoms with Gasteiger partial charge in [-0.2, -0.15) is 0 Å². The lowest BCUT2D eigenvalue weighted by molar-refractivity contribution is 0.0834. The largest absolute Gasteiger partial charge is 0.391 e. The van der Waals surface area contributed by atoms with Crippen molar-refractivity contribution in [2.24, 2.45) is 0 Å². The minimum Gasteiger partial charge on any atom is -0.391 e. The molecule has 1 heterocycles. The van der Waals surface area contributed by atoms with Crippen LogP contribution in [0.1, 0.15) is 18.7 Å². The molecule has 0 aromatic carbocycles. The number of ether oxygens (including phenoxy) is 1. The van der Waals surface area contributed by atoms with Crippen molar-refractivity contribution in [1.29, 1.82) is 0 Å². The van der Waals surface area contributed by atoms with Gasteiger partial charge in [0.2, 0.25) is 10.0 Å². The molecule has 2 N–H and O–H groups in total. The molecule has 98 valence electrons. The summed E-state index contributed by atoms with van der Waals surface area (Å²) in [5.74, 6) is 0. The second-order valence-electron chi connectivity index (χ2n) is 3.68. The molecule has 0 aliphatic rings. The molecule has 17 heavy (non-hydrogen) atoms. The Morgan fingerprint density at radius 2 is 2.24 bits per heavy atom. The van der Waals surface area contributed by atoms with E-state index in [2.05, 4.69) is 4.72 Å². The molecule has 1 aromatic heterocycles. The monoisotopic (exact) mass is 279 g/mol. The maximum Gasteiger partial charge on any atom is 0.241 e. The molecule has 0 aliphatic heterocycles. The average Bonchev–Trinajstić information content (AvgIpc) is 2.73. The first-order valence-corrected chi connectivity index (χ1v) is 7.62. The first kappa shape index (κ1) is 14.6. The molecule has 0 atom stereocenters. The fourth-order valence-electron chi connectivity index (χ4n) is 1.23. The van der Waals surface area contributed by atoms with E-state index >= 15 is 0 Å². The highest BCUT2D eigenvalue weighted by molar-refractivity contribution is 7.89. The molecule has 0 fully saturated rings. The van der Waals surface area contributed by atoms with Crippen LogP contribution in [0.3, 0.4) is 0 Å². The quantitative estimate of drug-likeness (QED) is 0.729. The molecule has 0 amide bonds. The van der Waals surface area contributed by atoms with E-state index in [1.165, 1.54) is 17.4 Å². The van der Waals surface area contributed by atoms with Gasteiger partial charge in [0.15, 0.2) is 0 Å². The van der Waals surface area contributed by atoms with Gasteiger partial charge in [-0.15, -0.1) is 11.3 Å². The molecule has 0 saturated carbocycles. The van der Waals surface area contributed by atoms with Crippen molar-refractivity contribution >= 4 is 21.4 Å². The summed E-state index contributed by atoms with van der Waals surface area (Å²) < 4.78 is 31.4. The fraction of sp³-hybridized carbons (Fsp3) is 0.600.